The summed E-state index contributed by atoms with van der Waals surface area (Å²) in [5.41, 5.74) is 0.950. The third-order valence-corrected chi connectivity index (χ3v) is 5.16. The van der Waals surface area contributed by atoms with E-state index in [0.717, 1.165) is 25.0 Å². The molecule has 0 amide bonds. The fourth-order valence-electron chi connectivity index (χ4n) is 3.56. The van der Waals surface area contributed by atoms with Crippen molar-refractivity contribution in [3.05, 3.63) is 0 Å². The molecule has 20 heavy (non-hydrogen) atoms. The van der Waals surface area contributed by atoms with Crippen LogP contribution < -0.4 is 5.32 Å². The van der Waals surface area contributed by atoms with Crippen LogP contribution in [-0.2, 0) is 4.74 Å². The Labute approximate surface area is 127 Å². The molecule has 0 unspecified atom stereocenters. The average molecular weight is 284 g/mol. The van der Waals surface area contributed by atoms with Gasteiger partial charge in [-0.3, -0.25) is 0 Å². The van der Waals surface area contributed by atoms with Gasteiger partial charge in [0.05, 0.1) is 0 Å². The molecule has 1 aliphatic carbocycles. The Morgan fingerprint density at radius 3 is 2.25 bits per heavy atom. The van der Waals surface area contributed by atoms with Crippen molar-refractivity contribution >= 4 is 0 Å². The third kappa shape index (κ3) is 5.73. The minimum absolute atomic E-state index is 0.471. The van der Waals surface area contributed by atoms with Gasteiger partial charge in [0.2, 0.25) is 0 Å². The van der Waals surface area contributed by atoms with Gasteiger partial charge < -0.3 is 10.1 Å². The first-order chi connectivity index (χ1) is 9.29. The summed E-state index contributed by atoms with van der Waals surface area (Å²) >= 11 is 0. The molecular formula is C18H37NO. The Balaban J connectivity index is 2.53. The third-order valence-electron chi connectivity index (χ3n) is 5.16. The first-order valence-electron chi connectivity index (χ1n) is 8.49. The number of methoxy groups -OCH3 is 1. The summed E-state index contributed by atoms with van der Waals surface area (Å²) < 4.78 is 5.36. The van der Waals surface area contributed by atoms with E-state index in [4.69, 9.17) is 4.74 Å². The van der Waals surface area contributed by atoms with Gasteiger partial charge >= 0.3 is 0 Å². The molecule has 0 spiro atoms. The summed E-state index contributed by atoms with van der Waals surface area (Å²) in [6.45, 7) is 15.0. The second-order valence-electron chi connectivity index (χ2n) is 8.41. The normalized spacial score (nSPS) is 28.1. The molecular weight excluding hydrogens is 246 g/mol. The van der Waals surface area contributed by atoms with Gasteiger partial charge in [0.15, 0.2) is 0 Å². The Morgan fingerprint density at radius 2 is 1.80 bits per heavy atom. The van der Waals surface area contributed by atoms with Crippen molar-refractivity contribution < 1.29 is 4.74 Å². The summed E-state index contributed by atoms with van der Waals surface area (Å²) in [5, 5.41) is 3.70. The number of rotatable bonds is 7. The van der Waals surface area contributed by atoms with Crippen LogP contribution >= 0.6 is 0 Å². The maximum absolute atomic E-state index is 5.36. The van der Waals surface area contributed by atoms with E-state index in [2.05, 4.69) is 39.9 Å². The molecule has 0 aromatic heterocycles. The van der Waals surface area contributed by atoms with Crippen molar-refractivity contribution in [2.24, 2.45) is 22.7 Å². The predicted octanol–water partition coefficient (Wildman–Crippen LogP) is 4.49. The lowest BCUT2D eigenvalue weighted by atomic mass is 9.63. The van der Waals surface area contributed by atoms with Crippen LogP contribution in [0.2, 0.25) is 0 Å². The van der Waals surface area contributed by atoms with Crippen LogP contribution in [0.3, 0.4) is 0 Å². The number of nitrogens with one attached hydrogen (secondary N) is 1. The molecule has 1 N–H and O–H groups in total. The van der Waals surface area contributed by atoms with Gasteiger partial charge in [-0.2, -0.15) is 0 Å². The van der Waals surface area contributed by atoms with E-state index in [1.165, 1.54) is 38.6 Å². The van der Waals surface area contributed by atoms with Gasteiger partial charge in [-0.1, -0.05) is 34.6 Å². The molecule has 1 rings (SSSR count). The van der Waals surface area contributed by atoms with Crippen LogP contribution in [0.5, 0.6) is 0 Å². The van der Waals surface area contributed by atoms with Crippen LogP contribution in [0.1, 0.15) is 66.7 Å². The Morgan fingerprint density at radius 1 is 1.20 bits per heavy atom. The molecule has 0 aromatic carbocycles. The van der Waals surface area contributed by atoms with Gasteiger partial charge in [0.1, 0.15) is 0 Å². The molecule has 2 heteroatoms. The minimum atomic E-state index is 0.471. The summed E-state index contributed by atoms with van der Waals surface area (Å²) in [5.74, 6) is 1.63. The highest BCUT2D eigenvalue weighted by Gasteiger charge is 2.38. The highest BCUT2D eigenvalue weighted by molar-refractivity contribution is 4.90. The summed E-state index contributed by atoms with van der Waals surface area (Å²) in [7, 11) is 1.83. The van der Waals surface area contributed by atoms with E-state index in [9.17, 15) is 0 Å². The smallest absolute Gasteiger partial charge is 0.0468 e. The largest absolute Gasteiger partial charge is 0.385 e. The Bertz CT molecular complexity index is 259. The molecule has 1 aliphatic rings. The predicted molar refractivity (Wildman–Crippen MR) is 88.0 cm³/mol. The van der Waals surface area contributed by atoms with Gasteiger partial charge in [0.25, 0.3) is 0 Å². The van der Waals surface area contributed by atoms with Gasteiger partial charge in [-0.15, -0.1) is 0 Å². The summed E-state index contributed by atoms with van der Waals surface area (Å²) in [6, 6.07) is 0. The monoisotopic (exact) mass is 283 g/mol. The van der Waals surface area contributed by atoms with Gasteiger partial charge in [0, 0.05) is 20.3 Å². The lowest BCUT2D eigenvalue weighted by Crippen LogP contribution is -2.41. The van der Waals surface area contributed by atoms with Gasteiger partial charge in [-0.25, -0.2) is 0 Å². The molecule has 2 nitrogen and oxygen atoms in total. The highest BCUT2D eigenvalue weighted by Crippen LogP contribution is 2.46. The molecule has 0 aromatic rings. The summed E-state index contributed by atoms with van der Waals surface area (Å²) in [6.07, 6.45) is 6.71. The van der Waals surface area contributed by atoms with Crippen molar-refractivity contribution in [2.45, 2.75) is 66.7 Å². The first kappa shape index (κ1) is 18.0. The standard InChI is InChI=1S/C18H37NO/c1-15(2)13-19-14-18(11-12-20-6)9-7-16(8-10-18)17(3,4)5/h15-16,19H,7-14H2,1-6H3. The van der Waals surface area contributed by atoms with Crippen molar-refractivity contribution in [2.75, 3.05) is 26.8 Å². The van der Waals surface area contributed by atoms with Crippen molar-refractivity contribution in [3.63, 3.8) is 0 Å². The molecule has 120 valence electrons. The van der Waals surface area contributed by atoms with Crippen molar-refractivity contribution in [1.82, 2.24) is 5.32 Å². The number of hydrogen-bond donors (Lipinski definition) is 1. The molecule has 0 bridgehead atoms. The van der Waals surface area contributed by atoms with Crippen molar-refractivity contribution in [3.8, 4) is 0 Å². The second kappa shape index (κ2) is 7.79. The van der Waals surface area contributed by atoms with Gasteiger partial charge in [-0.05, 0) is 61.3 Å². The minimum Gasteiger partial charge on any atom is -0.385 e. The zero-order valence-electron chi connectivity index (χ0n) is 14.7. The summed E-state index contributed by atoms with van der Waals surface area (Å²) in [4.78, 5) is 0. The molecule has 0 heterocycles. The first-order valence-corrected chi connectivity index (χ1v) is 8.49. The number of hydrogen-bond acceptors (Lipinski definition) is 2. The molecule has 1 saturated carbocycles. The molecule has 1 fully saturated rings. The fraction of sp³-hybridized carbons (Fsp3) is 1.00. The van der Waals surface area contributed by atoms with Crippen LogP contribution in [0.25, 0.3) is 0 Å². The van der Waals surface area contributed by atoms with Crippen LogP contribution in [0.4, 0.5) is 0 Å². The highest BCUT2D eigenvalue weighted by atomic mass is 16.5. The van der Waals surface area contributed by atoms with E-state index in [0.29, 0.717) is 10.8 Å². The van der Waals surface area contributed by atoms with Crippen LogP contribution in [0.15, 0.2) is 0 Å². The van der Waals surface area contributed by atoms with E-state index < -0.39 is 0 Å². The van der Waals surface area contributed by atoms with E-state index in [1.54, 1.807) is 0 Å². The quantitative estimate of drug-likeness (QED) is 0.743. The topological polar surface area (TPSA) is 21.3 Å². The van der Waals surface area contributed by atoms with Crippen LogP contribution in [0, 0.1) is 22.7 Å². The molecule has 0 atom stereocenters. The maximum atomic E-state index is 5.36. The Hall–Kier alpha value is -0.0800. The van der Waals surface area contributed by atoms with E-state index >= 15 is 0 Å². The van der Waals surface area contributed by atoms with Crippen LogP contribution in [-0.4, -0.2) is 26.8 Å². The maximum Gasteiger partial charge on any atom is 0.0468 e. The number of ether oxygens (including phenoxy) is 1. The zero-order chi connectivity index (χ0) is 15.2. The second-order valence-corrected chi connectivity index (χ2v) is 8.41. The van der Waals surface area contributed by atoms with E-state index in [1.807, 2.05) is 7.11 Å². The molecule has 0 aliphatic heterocycles. The SMILES string of the molecule is COCCC1(CNCC(C)C)CCC(C(C)(C)C)CC1. The van der Waals surface area contributed by atoms with Crippen molar-refractivity contribution in [1.29, 1.82) is 0 Å². The lowest BCUT2D eigenvalue weighted by molar-refractivity contribution is 0.0547. The average Bonchev–Trinajstić information content (AvgIpc) is 2.35. The Kier molecular flexibility index (Phi) is 7.00. The fourth-order valence-corrected chi connectivity index (χ4v) is 3.56. The zero-order valence-corrected chi connectivity index (χ0v) is 14.7. The molecule has 0 radical (unpaired) electrons. The molecule has 0 saturated heterocycles. The van der Waals surface area contributed by atoms with E-state index in [-0.39, 0.29) is 0 Å². The lowest BCUT2D eigenvalue weighted by Gasteiger charge is -2.44.